The van der Waals surface area contributed by atoms with Crippen LogP contribution in [0.2, 0.25) is 5.02 Å². The van der Waals surface area contributed by atoms with Crippen LogP contribution in [0.1, 0.15) is 25.5 Å². The third-order valence-electron chi connectivity index (χ3n) is 2.61. The van der Waals surface area contributed by atoms with Crippen molar-refractivity contribution >= 4 is 17.5 Å². The highest BCUT2D eigenvalue weighted by Crippen LogP contribution is 2.22. The standard InChI is InChI=1S/C12H17ClN2O/c1-3-15(4-2)11(12(14)16)9-6-5-7-10(13)8-9/h5-8,11H,3-4H2,1-2H3,(H2,14,16). The number of amides is 1. The van der Waals surface area contributed by atoms with Crippen LogP contribution in [-0.2, 0) is 4.79 Å². The summed E-state index contributed by atoms with van der Waals surface area (Å²) in [5.74, 6) is -0.342. The molecular weight excluding hydrogens is 224 g/mol. The fourth-order valence-corrected chi connectivity index (χ4v) is 2.02. The van der Waals surface area contributed by atoms with Crippen LogP contribution >= 0.6 is 11.6 Å². The highest BCUT2D eigenvalue weighted by molar-refractivity contribution is 6.30. The van der Waals surface area contributed by atoms with Crippen molar-refractivity contribution in [1.29, 1.82) is 0 Å². The number of nitrogens with two attached hydrogens (primary N) is 1. The number of likely N-dealkylation sites (N-methyl/N-ethyl adjacent to an activating group) is 1. The van der Waals surface area contributed by atoms with E-state index in [4.69, 9.17) is 17.3 Å². The van der Waals surface area contributed by atoms with Crippen molar-refractivity contribution in [3.8, 4) is 0 Å². The molecule has 0 radical (unpaired) electrons. The third kappa shape index (κ3) is 2.97. The van der Waals surface area contributed by atoms with E-state index >= 15 is 0 Å². The van der Waals surface area contributed by atoms with E-state index in [1.54, 1.807) is 12.1 Å². The van der Waals surface area contributed by atoms with Gasteiger partial charge in [-0.1, -0.05) is 37.6 Å². The molecule has 0 spiro atoms. The van der Waals surface area contributed by atoms with Gasteiger partial charge in [-0.25, -0.2) is 0 Å². The Morgan fingerprint density at radius 3 is 2.50 bits per heavy atom. The van der Waals surface area contributed by atoms with Gasteiger partial charge in [-0.05, 0) is 30.8 Å². The van der Waals surface area contributed by atoms with Gasteiger partial charge in [0, 0.05) is 5.02 Å². The van der Waals surface area contributed by atoms with Gasteiger partial charge in [0.2, 0.25) is 5.91 Å². The predicted molar refractivity (Wildman–Crippen MR) is 66.3 cm³/mol. The van der Waals surface area contributed by atoms with Crippen molar-refractivity contribution in [2.75, 3.05) is 13.1 Å². The average molecular weight is 241 g/mol. The molecule has 0 saturated heterocycles. The Bertz CT molecular complexity index is 364. The molecule has 1 unspecified atom stereocenters. The number of nitrogens with zero attached hydrogens (tertiary/aromatic N) is 1. The Hall–Kier alpha value is -1.06. The van der Waals surface area contributed by atoms with Gasteiger partial charge >= 0.3 is 0 Å². The number of hydrogen-bond acceptors (Lipinski definition) is 2. The third-order valence-corrected chi connectivity index (χ3v) is 2.85. The minimum Gasteiger partial charge on any atom is -0.368 e. The number of carbonyl (C=O) groups excluding carboxylic acids is 1. The number of rotatable bonds is 5. The molecule has 0 bridgehead atoms. The molecule has 1 aromatic rings. The maximum atomic E-state index is 11.5. The van der Waals surface area contributed by atoms with Crippen molar-refractivity contribution in [1.82, 2.24) is 4.90 Å². The number of primary amides is 1. The Morgan fingerprint density at radius 2 is 2.06 bits per heavy atom. The van der Waals surface area contributed by atoms with Crippen LogP contribution in [0.25, 0.3) is 0 Å². The molecule has 1 aromatic carbocycles. The fourth-order valence-electron chi connectivity index (χ4n) is 1.82. The van der Waals surface area contributed by atoms with E-state index in [1.807, 2.05) is 30.9 Å². The Balaban J connectivity index is 3.06. The van der Waals surface area contributed by atoms with E-state index in [-0.39, 0.29) is 5.91 Å². The highest BCUT2D eigenvalue weighted by atomic mass is 35.5. The summed E-state index contributed by atoms with van der Waals surface area (Å²) in [6.45, 7) is 5.56. The Morgan fingerprint density at radius 1 is 1.44 bits per heavy atom. The van der Waals surface area contributed by atoms with Crippen LogP contribution in [0.5, 0.6) is 0 Å². The molecule has 1 atom stereocenters. The van der Waals surface area contributed by atoms with Crippen LogP contribution in [0.3, 0.4) is 0 Å². The van der Waals surface area contributed by atoms with Gasteiger partial charge in [0.05, 0.1) is 0 Å². The summed E-state index contributed by atoms with van der Waals surface area (Å²) in [6, 6.07) is 6.88. The zero-order chi connectivity index (χ0) is 12.1. The fraction of sp³-hybridized carbons (Fsp3) is 0.417. The SMILES string of the molecule is CCN(CC)C(C(N)=O)c1cccc(Cl)c1. The van der Waals surface area contributed by atoms with E-state index in [1.165, 1.54) is 0 Å². The summed E-state index contributed by atoms with van der Waals surface area (Å²) < 4.78 is 0. The van der Waals surface area contributed by atoms with Gasteiger partial charge in [0.15, 0.2) is 0 Å². The molecule has 0 aromatic heterocycles. The summed E-state index contributed by atoms with van der Waals surface area (Å²) in [4.78, 5) is 13.5. The quantitative estimate of drug-likeness (QED) is 0.858. The molecule has 0 aliphatic carbocycles. The first-order valence-electron chi connectivity index (χ1n) is 5.39. The Kier molecular flexibility index (Phi) is 4.77. The second-order valence-electron chi connectivity index (χ2n) is 3.58. The molecule has 16 heavy (non-hydrogen) atoms. The maximum absolute atomic E-state index is 11.5. The number of carbonyl (C=O) groups is 1. The summed E-state index contributed by atoms with van der Waals surface area (Å²) in [6.07, 6.45) is 0. The number of halogens is 1. The van der Waals surface area contributed by atoms with Crippen LogP contribution in [0.15, 0.2) is 24.3 Å². The molecule has 0 aliphatic rings. The average Bonchev–Trinajstić information content (AvgIpc) is 2.24. The molecule has 88 valence electrons. The molecule has 1 rings (SSSR count). The highest BCUT2D eigenvalue weighted by Gasteiger charge is 2.23. The number of hydrogen-bond donors (Lipinski definition) is 1. The summed E-state index contributed by atoms with van der Waals surface area (Å²) in [5, 5.41) is 0.621. The predicted octanol–water partition coefficient (Wildman–Crippen LogP) is 2.21. The normalized spacial score (nSPS) is 12.8. The van der Waals surface area contributed by atoms with Crippen LogP contribution in [-0.4, -0.2) is 23.9 Å². The van der Waals surface area contributed by atoms with Crippen LogP contribution in [0.4, 0.5) is 0 Å². The largest absolute Gasteiger partial charge is 0.368 e. The monoisotopic (exact) mass is 240 g/mol. The molecule has 0 fully saturated rings. The summed E-state index contributed by atoms with van der Waals surface area (Å²) in [5.41, 5.74) is 6.30. The first kappa shape index (κ1) is 13.0. The van der Waals surface area contributed by atoms with E-state index < -0.39 is 6.04 Å². The second-order valence-corrected chi connectivity index (χ2v) is 4.02. The van der Waals surface area contributed by atoms with Gasteiger partial charge < -0.3 is 5.73 Å². The van der Waals surface area contributed by atoms with Crippen LogP contribution < -0.4 is 5.73 Å². The zero-order valence-corrected chi connectivity index (χ0v) is 10.4. The summed E-state index contributed by atoms with van der Waals surface area (Å²) in [7, 11) is 0. The van der Waals surface area contributed by atoms with E-state index in [9.17, 15) is 4.79 Å². The maximum Gasteiger partial charge on any atom is 0.239 e. The first-order chi connectivity index (χ1) is 7.60. The van der Waals surface area contributed by atoms with Crippen molar-refractivity contribution in [3.05, 3.63) is 34.9 Å². The molecule has 2 N–H and O–H groups in total. The van der Waals surface area contributed by atoms with Crippen molar-refractivity contribution in [2.24, 2.45) is 5.73 Å². The molecule has 0 saturated carbocycles. The zero-order valence-electron chi connectivity index (χ0n) is 9.61. The number of benzene rings is 1. The minimum atomic E-state index is -0.395. The van der Waals surface area contributed by atoms with Gasteiger partial charge in [0.25, 0.3) is 0 Å². The van der Waals surface area contributed by atoms with Gasteiger partial charge in [0.1, 0.15) is 6.04 Å². The molecule has 1 amide bonds. The van der Waals surface area contributed by atoms with E-state index in [2.05, 4.69) is 0 Å². The summed E-state index contributed by atoms with van der Waals surface area (Å²) >= 11 is 5.91. The topological polar surface area (TPSA) is 46.3 Å². The molecular formula is C12H17ClN2O. The molecule has 4 heteroatoms. The van der Waals surface area contributed by atoms with Crippen LogP contribution in [0, 0.1) is 0 Å². The van der Waals surface area contributed by atoms with Gasteiger partial charge in [-0.2, -0.15) is 0 Å². The Labute approximate surface area is 101 Å². The lowest BCUT2D eigenvalue weighted by Gasteiger charge is -2.27. The van der Waals surface area contributed by atoms with Crippen molar-refractivity contribution < 1.29 is 4.79 Å². The minimum absolute atomic E-state index is 0.342. The van der Waals surface area contributed by atoms with E-state index in [0.29, 0.717) is 5.02 Å². The molecule has 0 aliphatic heterocycles. The van der Waals surface area contributed by atoms with E-state index in [0.717, 1.165) is 18.7 Å². The lowest BCUT2D eigenvalue weighted by molar-refractivity contribution is -0.123. The smallest absolute Gasteiger partial charge is 0.239 e. The lowest BCUT2D eigenvalue weighted by Crippen LogP contribution is -2.37. The first-order valence-corrected chi connectivity index (χ1v) is 5.76. The van der Waals surface area contributed by atoms with Crippen molar-refractivity contribution in [2.45, 2.75) is 19.9 Å². The van der Waals surface area contributed by atoms with Crippen molar-refractivity contribution in [3.63, 3.8) is 0 Å². The second kappa shape index (κ2) is 5.87. The molecule has 0 heterocycles. The lowest BCUT2D eigenvalue weighted by atomic mass is 10.0. The van der Waals surface area contributed by atoms with Gasteiger partial charge in [-0.3, -0.25) is 9.69 Å². The van der Waals surface area contributed by atoms with Gasteiger partial charge in [-0.15, -0.1) is 0 Å². The molecule has 3 nitrogen and oxygen atoms in total.